The maximum atomic E-state index is 13.7. The van der Waals surface area contributed by atoms with Crippen LogP contribution in [0.4, 0.5) is 4.39 Å². The first kappa shape index (κ1) is 21.2. The van der Waals surface area contributed by atoms with Gasteiger partial charge in [-0.2, -0.15) is 0 Å². The molecule has 8 nitrogen and oxygen atoms in total. The smallest absolute Gasteiger partial charge is 0.251 e. The fourth-order valence-corrected chi connectivity index (χ4v) is 4.54. The van der Waals surface area contributed by atoms with E-state index in [1.807, 2.05) is 6.08 Å². The predicted molar refractivity (Wildman–Crippen MR) is 120 cm³/mol. The Hall–Kier alpha value is -2.62. The maximum Gasteiger partial charge on any atom is 0.251 e. The molecule has 1 N–H and O–H groups in total. The van der Waals surface area contributed by atoms with Crippen LogP contribution in [0.2, 0.25) is 0 Å². The number of likely N-dealkylation sites (tertiary alicyclic amines) is 1. The van der Waals surface area contributed by atoms with Gasteiger partial charge in [-0.15, -0.1) is 0 Å². The lowest BCUT2D eigenvalue weighted by Gasteiger charge is -2.33. The minimum absolute atomic E-state index is 0.0164. The number of aliphatic imine (C=N–C) groups is 1. The van der Waals surface area contributed by atoms with Crippen molar-refractivity contribution < 1.29 is 13.9 Å². The first-order valence-electron chi connectivity index (χ1n) is 11.3. The molecular formula is C23H28FN5O3. The minimum Gasteiger partial charge on any atom is -0.493 e. The summed E-state index contributed by atoms with van der Waals surface area (Å²) in [5, 5.41) is 3.62. The number of ether oxygens (including phenoxy) is 2. The van der Waals surface area contributed by atoms with E-state index in [2.05, 4.69) is 20.2 Å². The average molecular weight is 442 g/mol. The van der Waals surface area contributed by atoms with Crippen LogP contribution in [0, 0.1) is 5.82 Å². The molecule has 2 saturated heterocycles. The van der Waals surface area contributed by atoms with Crippen molar-refractivity contribution in [2.75, 3.05) is 45.9 Å². The van der Waals surface area contributed by atoms with Gasteiger partial charge in [0, 0.05) is 43.9 Å². The number of rotatable bonds is 6. The van der Waals surface area contributed by atoms with E-state index in [0.29, 0.717) is 43.4 Å². The Balaban J connectivity index is 1.11. The van der Waals surface area contributed by atoms with Crippen LogP contribution in [0.25, 0.3) is 11.0 Å². The number of nitrogens with zero attached hydrogens (tertiary/aromatic N) is 4. The highest BCUT2D eigenvalue weighted by Gasteiger charge is 2.25. The standard InChI is InChI=1S/C23H28FN5O3/c24-16-11-20-19(27-13-16)1-2-23(30)29(20)8-7-28-5-3-17(4-6-28)25-14-18-12-21-22(15-26-18)32-10-9-31-21/h1-2,11-13,17,22,25H,3-10,14-15H2. The molecule has 0 bridgehead atoms. The van der Waals surface area contributed by atoms with Crippen molar-refractivity contribution in [2.24, 2.45) is 4.99 Å². The molecule has 0 aliphatic carbocycles. The van der Waals surface area contributed by atoms with E-state index in [1.165, 1.54) is 18.3 Å². The summed E-state index contributed by atoms with van der Waals surface area (Å²) in [6.45, 7) is 5.78. The van der Waals surface area contributed by atoms with Crippen molar-refractivity contribution in [1.82, 2.24) is 19.8 Å². The third-order valence-electron chi connectivity index (χ3n) is 6.36. The third kappa shape index (κ3) is 4.74. The summed E-state index contributed by atoms with van der Waals surface area (Å²) >= 11 is 0. The van der Waals surface area contributed by atoms with E-state index in [-0.39, 0.29) is 11.7 Å². The van der Waals surface area contributed by atoms with E-state index < -0.39 is 5.82 Å². The second kappa shape index (κ2) is 9.48. The van der Waals surface area contributed by atoms with Crippen LogP contribution < -0.4 is 10.9 Å². The number of aromatic nitrogens is 2. The first-order valence-corrected chi connectivity index (χ1v) is 11.3. The van der Waals surface area contributed by atoms with Gasteiger partial charge in [-0.3, -0.25) is 14.8 Å². The lowest BCUT2D eigenvalue weighted by molar-refractivity contribution is -0.0382. The highest BCUT2D eigenvalue weighted by molar-refractivity contribution is 5.97. The number of pyridine rings is 2. The van der Waals surface area contributed by atoms with Gasteiger partial charge in [-0.05, 0) is 32.0 Å². The summed E-state index contributed by atoms with van der Waals surface area (Å²) in [4.78, 5) is 23.4. The molecule has 3 aliphatic heterocycles. The van der Waals surface area contributed by atoms with Crippen molar-refractivity contribution >= 4 is 16.7 Å². The van der Waals surface area contributed by atoms with Crippen molar-refractivity contribution in [1.29, 1.82) is 0 Å². The molecule has 0 saturated carbocycles. The molecule has 0 amide bonds. The van der Waals surface area contributed by atoms with Gasteiger partial charge in [0.1, 0.15) is 24.3 Å². The van der Waals surface area contributed by atoms with E-state index in [4.69, 9.17) is 9.47 Å². The fraction of sp³-hybridized carbons (Fsp3) is 0.522. The van der Waals surface area contributed by atoms with Crippen molar-refractivity contribution in [2.45, 2.75) is 31.5 Å². The van der Waals surface area contributed by atoms with Crippen LogP contribution in [0.5, 0.6) is 0 Å². The molecule has 0 spiro atoms. The third-order valence-corrected chi connectivity index (χ3v) is 6.36. The average Bonchev–Trinajstić information content (AvgIpc) is 2.82. The molecule has 32 heavy (non-hydrogen) atoms. The monoisotopic (exact) mass is 441 g/mol. The van der Waals surface area contributed by atoms with Crippen LogP contribution in [-0.2, 0) is 16.0 Å². The van der Waals surface area contributed by atoms with Gasteiger partial charge in [0.15, 0.2) is 0 Å². The van der Waals surface area contributed by atoms with Crippen LogP contribution >= 0.6 is 0 Å². The van der Waals surface area contributed by atoms with Crippen molar-refractivity contribution in [3.8, 4) is 0 Å². The Labute approximate surface area is 185 Å². The molecule has 2 fully saturated rings. The summed E-state index contributed by atoms with van der Waals surface area (Å²) in [6.07, 6.45) is 5.24. The van der Waals surface area contributed by atoms with Gasteiger partial charge in [0.05, 0.1) is 36.1 Å². The summed E-state index contributed by atoms with van der Waals surface area (Å²) in [7, 11) is 0. The van der Waals surface area contributed by atoms with Gasteiger partial charge in [0.2, 0.25) is 0 Å². The van der Waals surface area contributed by atoms with Gasteiger partial charge in [0.25, 0.3) is 5.56 Å². The normalized spacial score (nSPS) is 22.2. The van der Waals surface area contributed by atoms with Gasteiger partial charge < -0.3 is 24.3 Å². The number of fused-ring (bicyclic) bond motifs is 2. The summed E-state index contributed by atoms with van der Waals surface area (Å²) in [6, 6.07) is 4.97. The molecule has 2 aromatic rings. The molecule has 0 aromatic carbocycles. The fourth-order valence-electron chi connectivity index (χ4n) is 4.54. The maximum absolute atomic E-state index is 13.7. The first-order chi connectivity index (χ1) is 15.7. The highest BCUT2D eigenvalue weighted by atomic mass is 19.1. The van der Waals surface area contributed by atoms with Gasteiger partial charge in [-0.25, -0.2) is 4.39 Å². The number of halogens is 1. The molecule has 170 valence electrons. The number of nitrogens with one attached hydrogen (secondary N) is 1. The van der Waals surface area contributed by atoms with Gasteiger partial charge in [-0.1, -0.05) is 0 Å². The van der Waals surface area contributed by atoms with E-state index >= 15 is 0 Å². The predicted octanol–water partition coefficient (Wildman–Crippen LogP) is 1.34. The molecule has 1 unspecified atom stereocenters. The quantitative estimate of drug-likeness (QED) is 0.729. The minimum atomic E-state index is -0.431. The molecule has 5 heterocycles. The molecule has 2 aromatic heterocycles. The van der Waals surface area contributed by atoms with E-state index in [9.17, 15) is 9.18 Å². The second-order valence-corrected chi connectivity index (χ2v) is 8.46. The molecule has 9 heteroatoms. The number of hydrogen-bond donors (Lipinski definition) is 1. The summed E-state index contributed by atoms with van der Waals surface area (Å²) in [5.41, 5.74) is 2.07. The zero-order chi connectivity index (χ0) is 21.9. The van der Waals surface area contributed by atoms with E-state index in [0.717, 1.165) is 50.5 Å². The van der Waals surface area contributed by atoms with Gasteiger partial charge >= 0.3 is 0 Å². The molecule has 1 atom stereocenters. The van der Waals surface area contributed by atoms with Crippen LogP contribution in [0.1, 0.15) is 12.8 Å². The molecule has 3 aliphatic rings. The Morgan fingerprint density at radius 2 is 2.06 bits per heavy atom. The zero-order valence-electron chi connectivity index (χ0n) is 18.0. The number of hydrogen-bond acceptors (Lipinski definition) is 7. The summed E-state index contributed by atoms with van der Waals surface area (Å²) in [5.74, 6) is 0.469. The topological polar surface area (TPSA) is 81.0 Å². The van der Waals surface area contributed by atoms with Crippen LogP contribution in [0.15, 0.2) is 46.0 Å². The SMILES string of the molecule is O=c1ccc2ncc(F)cc2n1CCN1CCC(NCC2=NCC3OCCOC3=C2)CC1. The van der Waals surface area contributed by atoms with E-state index in [1.54, 1.807) is 10.6 Å². The number of dihydropyridines is 1. The molecular weight excluding hydrogens is 413 g/mol. The van der Waals surface area contributed by atoms with Crippen LogP contribution in [-0.4, -0.2) is 78.2 Å². The Bertz CT molecular complexity index is 1090. The Kier molecular flexibility index (Phi) is 6.29. The molecule has 0 radical (unpaired) electrons. The molecule has 5 rings (SSSR count). The largest absolute Gasteiger partial charge is 0.493 e. The van der Waals surface area contributed by atoms with Crippen LogP contribution in [0.3, 0.4) is 0 Å². The van der Waals surface area contributed by atoms with Crippen molar-refractivity contribution in [3.63, 3.8) is 0 Å². The lowest BCUT2D eigenvalue weighted by Crippen LogP contribution is -2.45. The second-order valence-electron chi connectivity index (χ2n) is 8.46. The summed E-state index contributed by atoms with van der Waals surface area (Å²) < 4.78 is 26.6. The number of piperidine rings is 1. The zero-order valence-corrected chi connectivity index (χ0v) is 18.0. The Morgan fingerprint density at radius 3 is 2.94 bits per heavy atom. The Morgan fingerprint density at radius 1 is 1.19 bits per heavy atom. The highest BCUT2D eigenvalue weighted by Crippen LogP contribution is 2.18. The van der Waals surface area contributed by atoms with Crippen molar-refractivity contribution in [3.05, 3.63) is 52.4 Å². The lowest BCUT2D eigenvalue weighted by atomic mass is 10.0.